The second kappa shape index (κ2) is 4.66. The van der Waals surface area contributed by atoms with Gasteiger partial charge in [-0.05, 0) is 17.5 Å². The van der Waals surface area contributed by atoms with Crippen LogP contribution in [0.2, 0.25) is 0 Å². The van der Waals surface area contributed by atoms with Crippen LogP contribution in [0.1, 0.15) is 23.7 Å². The third-order valence-corrected chi connectivity index (χ3v) is 3.79. The molecule has 0 saturated carbocycles. The molecule has 2 aliphatic heterocycles. The number of β-amino-alcohol motifs (C(OH)–C–C–N with tert-alkyl or cyclic N) is 1. The van der Waals surface area contributed by atoms with Gasteiger partial charge in [-0.3, -0.25) is 9.59 Å². The minimum absolute atomic E-state index is 0.0861. The van der Waals surface area contributed by atoms with Crippen LogP contribution in [0.5, 0.6) is 0 Å². The largest absolute Gasteiger partial charge is 0.387 e. The van der Waals surface area contributed by atoms with Gasteiger partial charge < -0.3 is 15.3 Å². The number of fused-ring (bicyclic) bond motifs is 1. The van der Waals surface area contributed by atoms with Gasteiger partial charge in [0.1, 0.15) is 6.04 Å². The number of hydrogen-bond acceptors (Lipinski definition) is 3. The lowest BCUT2D eigenvalue weighted by molar-refractivity contribution is -0.144. The van der Waals surface area contributed by atoms with Gasteiger partial charge in [0.2, 0.25) is 11.8 Å². The van der Waals surface area contributed by atoms with Crippen molar-refractivity contribution in [1.82, 2.24) is 10.2 Å². The predicted octanol–water partition coefficient (Wildman–Crippen LogP) is -0.00680. The number of rotatable bonds is 1. The highest BCUT2D eigenvalue weighted by Gasteiger charge is 2.36. The molecule has 2 heterocycles. The van der Waals surface area contributed by atoms with Crippen molar-refractivity contribution in [2.75, 3.05) is 13.1 Å². The van der Waals surface area contributed by atoms with E-state index in [4.69, 9.17) is 0 Å². The Morgan fingerprint density at radius 2 is 2.11 bits per heavy atom. The number of benzene rings is 1. The van der Waals surface area contributed by atoms with E-state index in [-0.39, 0.29) is 18.2 Å². The number of carbonyl (C=O) groups is 2. The molecule has 1 aromatic rings. The number of aliphatic hydroxyl groups is 1. The summed E-state index contributed by atoms with van der Waals surface area (Å²) in [5.41, 5.74) is 1.98. The first-order chi connectivity index (χ1) is 9.15. The van der Waals surface area contributed by atoms with Gasteiger partial charge >= 0.3 is 0 Å². The van der Waals surface area contributed by atoms with E-state index < -0.39 is 12.1 Å². The van der Waals surface area contributed by atoms with Gasteiger partial charge in [-0.1, -0.05) is 24.3 Å². The average Bonchev–Trinajstić information content (AvgIpc) is 2.55. The van der Waals surface area contributed by atoms with Crippen molar-refractivity contribution >= 4 is 11.8 Å². The average molecular weight is 260 g/mol. The Kier molecular flexibility index (Phi) is 2.98. The minimum atomic E-state index is -0.654. The fraction of sp³-hybridized carbons (Fsp3) is 0.429. The first-order valence-corrected chi connectivity index (χ1v) is 6.49. The first-order valence-electron chi connectivity index (χ1n) is 6.49. The molecule has 1 aromatic carbocycles. The summed E-state index contributed by atoms with van der Waals surface area (Å²) in [6.07, 6.45) is 0.344. The summed E-state index contributed by atoms with van der Waals surface area (Å²) in [6, 6.07) is 7.32. The molecule has 0 bridgehead atoms. The quantitative estimate of drug-likeness (QED) is 0.698. The van der Waals surface area contributed by atoms with Crippen molar-refractivity contribution in [3.05, 3.63) is 35.4 Å². The molecule has 2 aliphatic rings. The summed E-state index contributed by atoms with van der Waals surface area (Å²) in [6.45, 7) is 0.876. The van der Waals surface area contributed by atoms with Gasteiger partial charge in [-0.25, -0.2) is 0 Å². The van der Waals surface area contributed by atoms with E-state index in [1.54, 1.807) is 4.90 Å². The molecule has 3 rings (SSSR count). The van der Waals surface area contributed by atoms with Crippen LogP contribution in [-0.2, 0) is 16.0 Å². The second-order valence-corrected chi connectivity index (χ2v) is 5.07. The van der Waals surface area contributed by atoms with Crippen molar-refractivity contribution in [2.45, 2.75) is 25.0 Å². The van der Waals surface area contributed by atoms with E-state index in [0.29, 0.717) is 13.1 Å². The summed E-state index contributed by atoms with van der Waals surface area (Å²) in [5.74, 6) is -0.177. The van der Waals surface area contributed by atoms with Crippen molar-refractivity contribution in [1.29, 1.82) is 0 Å². The number of β-lactam (4-membered cyclic amide) rings is 1. The van der Waals surface area contributed by atoms with E-state index in [2.05, 4.69) is 5.32 Å². The van der Waals surface area contributed by atoms with E-state index in [1.807, 2.05) is 24.3 Å². The maximum absolute atomic E-state index is 12.2. The molecule has 0 aromatic heterocycles. The summed E-state index contributed by atoms with van der Waals surface area (Å²) in [5, 5.41) is 12.8. The molecular formula is C14H16N2O3. The Morgan fingerprint density at radius 1 is 1.37 bits per heavy atom. The van der Waals surface area contributed by atoms with Gasteiger partial charge in [-0.2, -0.15) is 0 Å². The highest BCUT2D eigenvalue weighted by molar-refractivity contribution is 5.97. The van der Waals surface area contributed by atoms with E-state index in [9.17, 15) is 14.7 Å². The molecule has 19 heavy (non-hydrogen) atoms. The molecule has 0 aliphatic carbocycles. The Balaban J connectivity index is 1.74. The van der Waals surface area contributed by atoms with Gasteiger partial charge in [0, 0.05) is 6.54 Å². The molecule has 2 N–H and O–H groups in total. The predicted molar refractivity (Wildman–Crippen MR) is 68.2 cm³/mol. The molecule has 1 fully saturated rings. The first kappa shape index (κ1) is 12.2. The molecule has 5 nitrogen and oxygen atoms in total. The molecule has 1 unspecified atom stereocenters. The third-order valence-electron chi connectivity index (χ3n) is 3.79. The molecule has 1 saturated heterocycles. The molecule has 0 radical (unpaired) electrons. The lowest BCUT2D eigenvalue weighted by Crippen LogP contribution is -2.58. The van der Waals surface area contributed by atoms with Crippen LogP contribution < -0.4 is 5.32 Å². The lowest BCUT2D eigenvalue weighted by Gasteiger charge is -2.32. The van der Waals surface area contributed by atoms with Gasteiger partial charge in [0.05, 0.1) is 19.1 Å². The van der Waals surface area contributed by atoms with Crippen molar-refractivity contribution < 1.29 is 14.7 Å². The van der Waals surface area contributed by atoms with Crippen LogP contribution in [0, 0.1) is 0 Å². The highest BCUT2D eigenvalue weighted by atomic mass is 16.3. The lowest BCUT2D eigenvalue weighted by atomic mass is 10.0. The van der Waals surface area contributed by atoms with Crippen LogP contribution in [-0.4, -0.2) is 41.0 Å². The molecule has 0 spiro atoms. The van der Waals surface area contributed by atoms with Crippen LogP contribution in [0.3, 0.4) is 0 Å². The Hall–Kier alpha value is -1.88. The summed E-state index contributed by atoms with van der Waals surface area (Å²) >= 11 is 0. The standard InChI is InChI=1S/C14H16N2O3/c17-12-8-16(14(19)11-7-13(18)15-11)6-5-9-3-1-2-4-10(9)12/h1-4,11-12,17H,5-8H2,(H,15,18)/t11-,12?/m1/s1. The number of aliphatic hydroxyl groups excluding tert-OH is 1. The minimum Gasteiger partial charge on any atom is -0.387 e. The normalized spacial score (nSPS) is 25.9. The summed E-state index contributed by atoms with van der Waals surface area (Å²) in [4.78, 5) is 24.7. The van der Waals surface area contributed by atoms with Crippen LogP contribution in [0.15, 0.2) is 24.3 Å². The smallest absolute Gasteiger partial charge is 0.245 e. The molecule has 2 atom stereocenters. The van der Waals surface area contributed by atoms with Crippen molar-refractivity contribution in [2.24, 2.45) is 0 Å². The number of nitrogens with zero attached hydrogens (tertiary/aromatic N) is 1. The fourth-order valence-corrected chi connectivity index (χ4v) is 2.67. The van der Waals surface area contributed by atoms with Gasteiger partial charge in [-0.15, -0.1) is 0 Å². The number of hydrogen-bond donors (Lipinski definition) is 2. The summed E-state index contributed by atoms with van der Waals surface area (Å²) < 4.78 is 0. The maximum Gasteiger partial charge on any atom is 0.245 e. The Labute approximate surface area is 111 Å². The third kappa shape index (κ3) is 2.21. The molecule has 5 heteroatoms. The van der Waals surface area contributed by atoms with E-state index in [0.717, 1.165) is 17.5 Å². The number of nitrogens with one attached hydrogen (secondary N) is 1. The zero-order valence-electron chi connectivity index (χ0n) is 10.5. The number of carbonyl (C=O) groups excluding carboxylic acids is 2. The van der Waals surface area contributed by atoms with E-state index in [1.165, 1.54) is 0 Å². The SMILES string of the molecule is O=C1C[C@H](C(=O)N2CCc3ccccc3C(O)C2)N1. The van der Waals surface area contributed by atoms with Gasteiger partial charge in [0.15, 0.2) is 0 Å². The maximum atomic E-state index is 12.2. The zero-order chi connectivity index (χ0) is 13.4. The van der Waals surface area contributed by atoms with E-state index >= 15 is 0 Å². The van der Waals surface area contributed by atoms with Gasteiger partial charge in [0.25, 0.3) is 0 Å². The van der Waals surface area contributed by atoms with Crippen molar-refractivity contribution in [3.63, 3.8) is 0 Å². The molecular weight excluding hydrogens is 244 g/mol. The monoisotopic (exact) mass is 260 g/mol. The Morgan fingerprint density at radius 3 is 2.84 bits per heavy atom. The topological polar surface area (TPSA) is 69.6 Å². The Bertz CT molecular complexity index is 521. The molecule has 100 valence electrons. The van der Waals surface area contributed by atoms with Crippen LogP contribution in [0.4, 0.5) is 0 Å². The number of amides is 2. The second-order valence-electron chi connectivity index (χ2n) is 5.07. The van der Waals surface area contributed by atoms with Crippen LogP contribution >= 0.6 is 0 Å². The zero-order valence-corrected chi connectivity index (χ0v) is 10.5. The molecule has 2 amide bonds. The van der Waals surface area contributed by atoms with Crippen molar-refractivity contribution in [3.8, 4) is 0 Å². The van der Waals surface area contributed by atoms with Crippen LogP contribution in [0.25, 0.3) is 0 Å². The summed E-state index contributed by atoms with van der Waals surface area (Å²) in [7, 11) is 0. The highest BCUT2D eigenvalue weighted by Crippen LogP contribution is 2.24. The fourth-order valence-electron chi connectivity index (χ4n) is 2.67.